The highest BCUT2D eigenvalue weighted by molar-refractivity contribution is 7.93. The third kappa shape index (κ3) is 3.48. The molecule has 0 amide bonds. The monoisotopic (exact) mass is 359 g/mol. The number of ether oxygens (including phenoxy) is 1. The molecule has 2 aromatic rings. The minimum Gasteiger partial charge on any atom is -0.494 e. The van der Waals surface area contributed by atoms with Gasteiger partial charge in [-0.3, -0.25) is 4.31 Å². The molecular weight excluding hydrogens is 345 g/mol. The number of halogens is 2. The molecule has 0 spiro atoms. The maximum Gasteiger partial charge on any atom is 0.265 e. The molecule has 4 nitrogen and oxygen atoms in total. The molecule has 22 heavy (non-hydrogen) atoms. The predicted octanol–water partition coefficient (Wildman–Crippen LogP) is 4.22. The zero-order valence-corrected chi connectivity index (χ0v) is 14.4. The molecule has 0 atom stereocenters. The Kier molecular flexibility index (Phi) is 5.21. The smallest absolute Gasteiger partial charge is 0.265 e. The third-order valence-electron chi connectivity index (χ3n) is 3.02. The van der Waals surface area contributed by atoms with Crippen LogP contribution in [0.25, 0.3) is 0 Å². The van der Waals surface area contributed by atoms with Crippen molar-refractivity contribution >= 4 is 38.9 Å². The highest BCUT2D eigenvalue weighted by atomic mass is 35.5. The van der Waals surface area contributed by atoms with Crippen molar-refractivity contribution in [2.75, 3.05) is 18.0 Å². The van der Waals surface area contributed by atoms with Gasteiger partial charge in [0.1, 0.15) is 10.6 Å². The second-order valence-corrected chi connectivity index (χ2v) is 7.26. The predicted molar refractivity (Wildman–Crippen MR) is 89.7 cm³/mol. The van der Waals surface area contributed by atoms with Gasteiger partial charge in [0.2, 0.25) is 0 Å². The molecule has 2 rings (SSSR count). The van der Waals surface area contributed by atoms with E-state index in [1.807, 2.05) is 6.92 Å². The molecule has 0 aliphatic carbocycles. The van der Waals surface area contributed by atoms with Gasteiger partial charge in [-0.15, -0.1) is 0 Å². The van der Waals surface area contributed by atoms with E-state index in [1.165, 1.54) is 19.2 Å². The molecular formula is C15H15Cl2NO3S. The van der Waals surface area contributed by atoms with E-state index >= 15 is 0 Å². The van der Waals surface area contributed by atoms with Gasteiger partial charge in [0.15, 0.2) is 0 Å². The Morgan fingerprint density at radius 2 is 1.86 bits per heavy atom. The van der Waals surface area contributed by atoms with E-state index in [0.717, 1.165) is 4.31 Å². The Balaban J connectivity index is 2.45. The van der Waals surface area contributed by atoms with Crippen molar-refractivity contribution in [2.45, 2.75) is 11.8 Å². The summed E-state index contributed by atoms with van der Waals surface area (Å²) in [4.78, 5) is -0.0361. The van der Waals surface area contributed by atoms with Crippen LogP contribution in [0.4, 0.5) is 5.69 Å². The van der Waals surface area contributed by atoms with E-state index in [9.17, 15) is 8.42 Å². The Hall–Kier alpha value is -1.43. The van der Waals surface area contributed by atoms with Crippen LogP contribution < -0.4 is 9.04 Å². The molecule has 0 saturated heterocycles. The van der Waals surface area contributed by atoms with Gasteiger partial charge >= 0.3 is 0 Å². The van der Waals surface area contributed by atoms with Crippen LogP contribution in [0.2, 0.25) is 10.0 Å². The Morgan fingerprint density at radius 3 is 2.55 bits per heavy atom. The van der Waals surface area contributed by atoms with Crippen molar-refractivity contribution in [2.24, 2.45) is 0 Å². The first kappa shape index (κ1) is 16.9. The summed E-state index contributed by atoms with van der Waals surface area (Å²) in [7, 11) is -2.36. The highest BCUT2D eigenvalue weighted by Crippen LogP contribution is 2.30. The van der Waals surface area contributed by atoms with Crippen LogP contribution in [0, 0.1) is 0 Å². The van der Waals surface area contributed by atoms with Gasteiger partial charge < -0.3 is 4.74 Å². The van der Waals surface area contributed by atoms with E-state index in [1.54, 1.807) is 30.3 Å². The molecule has 0 N–H and O–H groups in total. The van der Waals surface area contributed by atoms with Crippen molar-refractivity contribution in [1.82, 2.24) is 0 Å². The number of anilines is 1. The standard InChI is InChI=1S/C15H15Cl2NO3S/c1-3-21-13-6-4-5-12(10-13)18(2)22(19,20)15-9-11(16)7-8-14(15)17/h4-10H,3H2,1-2H3. The van der Waals surface area contributed by atoms with Gasteiger partial charge in [0.25, 0.3) is 10.0 Å². The second kappa shape index (κ2) is 6.77. The molecule has 2 aromatic carbocycles. The minimum absolute atomic E-state index is 0.0361. The summed E-state index contributed by atoms with van der Waals surface area (Å²) < 4.78 is 32.0. The normalized spacial score (nSPS) is 11.3. The Morgan fingerprint density at radius 1 is 1.14 bits per heavy atom. The van der Waals surface area contributed by atoms with Gasteiger partial charge in [0.05, 0.1) is 17.3 Å². The minimum atomic E-state index is -3.82. The molecule has 118 valence electrons. The van der Waals surface area contributed by atoms with Crippen LogP contribution in [-0.2, 0) is 10.0 Å². The van der Waals surface area contributed by atoms with Crippen molar-refractivity contribution in [3.8, 4) is 5.75 Å². The molecule has 0 aromatic heterocycles. The number of hydrogen-bond acceptors (Lipinski definition) is 3. The van der Waals surface area contributed by atoms with Crippen LogP contribution in [0.3, 0.4) is 0 Å². The van der Waals surface area contributed by atoms with Crippen LogP contribution >= 0.6 is 23.2 Å². The van der Waals surface area contributed by atoms with Crippen molar-refractivity contribution in [3.63, 3.8) is 0 Å². The molecule has 7 heteroatoms. The lowest BCUT2D eigenvalue weighted by atomic mass is 10.3. The van der Waals surface area contributed by atoms with Crippen LogP contribution in [-0.4, -0.2) is 22.1 Å². The maximum absolute atomic E-state index is 12.7. The van der Waals surface area contributed by atoms with Crippen molar-refractivity contribution < 1.29 is 13.2 Å². The lowest BCUT2D eigenvalue weighted by molar-refractivity contribution is 0.340. The fraction of sp³-hybridized carbons (Fsp3) is 0.200. The topological polar surface area (TPSA) is 46.6 Å². The molecule has 0 heterocycles. The molecule has 0 bridgehead atoms. The average molecular weight is 360 g/mol. The quantitative estimate of drug-likeness (QED) is 0.802. The average Bonchev–Trinajstić information content (AvgIpc) is 2.49. The second-order valence-electron chi connectivity index (χ2n) is 4.48. The summed E-state index contributed by atoms with van der Waals surface area (Å²) >= 11 is 11.9. The van der Waals surface area contributed by atoms with Crippen molar-refractivity contribution in [1.29, 1.82) is 0 Å². The molecule has 0 unspecified atom stereocenters. The number of hydrogen-bond donors (Lipinski definition) is 0. The lowest BCUT2D eigenvalue weighted by Crippen LogP contribution is -2.26. The van der Waals surface area contributed by atoms with Crippen LogP contribution in [0.15, 0.2) is 47.4 Å². The molecule has 0 radical (unpaired) electrons. The Bertz CT molecular complexity index is 778. The summed E-state index contributed by atoms with van der Waals surface area (Å²) in [5.41, 5.74) is 0.474. The zero-order valence-electron chi connectivity index (χ0n) is 12.1. The van der Waals surface area contributed by atoms with Gasteiger partial charge in [-0.1, -0.05) is 29.3 Å². The first-order chi connectivity index (χ1) is 10.4. The zero-order chi connectivity index (χ0) is 16.3. The number of nitrogens with zero attached hydrogens (tertiary/aromatic N) is 1. The summed E-state index contributed by atoms with van der Waals surface area (Å²) in [6, 6.07) is 11.2. The number of sulfonamides is 1. The lowest BCUT2D eigenvalue weighted by Gasteiger charge is -2.21. The fourth-order valence-corrected chi connectivity index (χ4v) is 3.82. The number of rotatable bonds is 5. The maximum atomic E-state index is 12.7. The van der Waals surface area contributed by atoms with Crippen molar-refractivity contribution in [3.05, 3.63) is 52.5 Å². The summed E-state index contributed by atoms with van der Waals surface area (Å²) in [5, 5.41) is 0.427. The SMILES string of the molecule is CCOc1cccc(N(C)S(=O)(=O)c2cc(Cl)ccc2Cl)c1. The van der Waals surface area contributed by atoms with Gasteiger partial charge in [-0.05, 0) is 37.3 Å². The first-order valence-corrected chi connectivity index (χ1v) is 8.72. The molecule has 0 aliphatic heterocycles. The van der Waals surface area contributed by atoms with Gasteiger partial charge in [-0.25, -0.2) is 8.42 Å². The van der Waals surface area contributed by atoms with E-state index in [2.05, 4.69) is 0 Å². The molecule has 0 saturated carbocycles. The molecule has 0 fully saturated rings. The first-order valence-electron chi connectivity index (χ1n) is 6.53. The summed E-state index contributed by atoms with van der Waals surface area (Å²) in [6.07, 6.45) is 0. The van der Waals surface area contributed by atoms with E-state index in [4.69, 9.17) is 27.9 Å². The van der Waals surface area contributed by atoms with Gasteiger partial charge in [-0.2, -0.15) is 0 Å². The van der Waals surface area contributed by atoms with E-state index < -0.39 is 10.0 Å². The fourth-order valence-electron chi connectivity index (χ4n) is 1.90. The molecule has 0 aliphatic rings. The van der Waals surface area contributed by atoms with Crippen LogP contribution in [0.5, 0.6) is 5.75 Å². The highest BCUT2D eigenvalue weighted by Gasteiger charge is 2.24. The summed E-state index contributed by atoms with van der Waals surface area (Å²) in [5.74, 6) is 0.597. The number of benzene rings is 2. The summed E-state index contributed by atoms with van der Waals surface area (Å²) in [6.45, 7) is 2.36. The van der Waals surface area contributed by atoms with E-state index in [0.29, 0.717) is 23.1 Å². The van der Waals surface area contributed by atoms with Crippen LogP contribution in [0.1, 0.15) is 6.92 Å². The third-order valence-corrected chi connectivity index (χ3v) is 5.53. The largest absolute Gasteiger partial charge is 0.494 e. The Labute approximate surface area is 140 Å². The van der Waals surface area contributed by atoms with Gasteiger partial charge in [0, 0.05) is 18.1 Å². The van der Waals surface area contributed by atoms with E-state index in [-0.39, 0.29) is 9.92 Å².